The van der Waals surface area contributed by atoms with Crippen LogP contribution in [0, 0.1) is 0 Å². The smallest absolute Gasteiger partial charge is 0.408 e. The van der Waals surface area contributed by atoms with E-state index in [2.05, 4.69) is 25.9 Å². The first-order valence-electron chi connectivity index (χ1n) is 9.43. The first-order chi connectivity index (χ1) is 15.2. The lowest BCUT2D eigenvalue weighted by Crippen LogP contribution is -2.17. The lowest BCUT2D eigenvalue weighted by molar-refractivity contribution is -0.137. The predicted molar refractivity (Wildman–Crippen MR) is 113 cm³/mol. The molecule has 5 N–H and O–H groups in total. The van der Waals surface area contributed by atoms with Crippen LogP contribution < -0.4 is 21.7 Å². The fourth-order valence-electron chi connectivity index (χ4n) is 3.17. The molecule has 0 amide bonds. The standard InChI is InChI=1S/C21H18F3N5O3/c1-25-19(30)12-4-2-3-5-14(12)28-16-9-18(26-10-13(16)21(22,23)24)27-11-6-7-15-17(8-11)32-20(31)29-15/h2-10,19,25,30H,1H3,(H,29,31)(H2,26,27,28). The summed E-state index contributed by atoms with van der Waals surface area (Å²) in [6.45, 7) is 0. The Balaban J connectivity index is 1.71. The number of alkyl halides is 3. The van der Waals surface area contributed by atoms with Crippen LogP contribution in [0.5, 0.6) is 0 Å². The third-order valence-electron chi connectivity index (χ3n) is 4.70. The first kappa shape index (κ1) is 21.4. The number of hydrogen-bond acceptors (Lipinski definition) is 7. The molecule has 4 rings (SSSR count). The number of nitrogens with zero attached hydrogens (tertiary/aromatic N) is 1. The topological polar surface area (TPSA) is 115 Å². The van der Waals surface area contributed by atoms with Crippen LogP contribution in [0.25, 0.3) is 11.1 Å². The number of aromatic nitrogens is 2. The lowest BCUT2D eigenvalue weighted by Gasteiger charge is -2.19. The summed E-state index contributed by atoms with van der Waals surface area (Å²) in [7, 11) is 1.53. The Labute approximate surface area is 179 Å². The van der Waals surface area contributed by atoms with Crippen LogP contribution in [0.15, 0.2) is 63.9 Å². The monoisotopic (exact) mass is 445 g/mol. The molecule has 0 saturated carbocycles. The molecule has 32 heavy (non-hydrogen) atoms. The molecule has 0 fully saturated rings. The molecule has 0 saturated heterocycles. The van der Waals surface area contributed by atoms with E-state index in [0.29, 0.717) is 28.0 Å². The number of rotatable bonds is 6. The summed E-state index contributed by atoms with van der Waals surface area (Å²) in [6, 6.07) is 12.4. The number of aromatic amines is 1. The maximum atomic E-state index is 13.6. The zero-order valence-electron chi connectivity index (χ0n) is 16.6. The second kappa shape index (κ2) is 8.36. The molecule has 0 aliphatic rings. The number of para-hydroxylation sites is 1. The number of pyridine rings is 1. The minimum atomic E-state index is -4.65. The predicted octanol–water partition coefficient (Wildman–Crippen LogP) is 4.23. The highest BCUT2D eigenvalue weighted by atomic mass is 19.4. The van der Waals surface area contributed by atoms with Gasteiger partial charge in [-0.25, -0.2) is 9.78 Å². The average Bonchev–Trinajstić information content (AvgIpc) is 3.12. The molecule has 0 aliphatic heterocycles. The van der Waals surface area contributed by atoms with Crippen LogP contribution in [-0.2, 0) is 6.18 Å². The summed E-state index contributed by atoms with van der Waals surface area (Å²) in [5, 5.41) is 18.4. The van der Waals surface area contributed by atoms with Gasteiger partial charge in [-0.1, -0.05) is 18.2 Å². The Morgan fingerprint density at radius 2 is 1.88 bits per heavy atom. The van der Waals surface area contributed by atoms with Gasteiger partial charge in [-0.2, -0.15) is 13.2 Å². The Hall–Kier alpha value is -3.83. The van der Waals surface area contributed by atoms with Crippen molar-refractivity contribution in [2.75, 3.05) is 17.7 Å². The van der Waals surface area contributed by atoms with Crippen LogP contribution in [0.3, 0.4) is 0 Å². The van der Waals surface area contributed by atoms with Gasteiger partial charge in [-0.3, -0.25) is 10.3 Å². The van der Waals surface area contributed by atoms with E-state index in [0.717, 1.165) is 6.20 Å². The molecule has 8 nitrogen and oxygen atoms in total. The average molecular weight is 445 g/mol. The van der Waals surface area contributed by atoms with E-state index in [4.69, 9.17) is 4.42 Å². The number of fused-ring (bicyclic) bond motifs is 1. The van der Waals surface area contributed by atoms with Gasteiger partial charge in [0.2, 0.25) is 0 Å². The van der Waals surface area contributed by atoms with Crippen LogP contribution in [0.4, 0.5) is 36.1 Å². The summed E-state index contributed by atoms with van der Waals surface area (Å²) in [4.78, 5) is 17.7. The molecular formula is C21H18F3N5O3. The lowest BCUT2D eigenvalue weighted by atomic mass is 10.1. The van der Waals surface area contributed by atoms with E-state index in [1.807, 2.05) is 0 Å². The van der Waals surface area contributed by atoms with Gasteiger partial charge in [-0.15, -0.1) is 0 Å². The maximum Gasteiger partial charge on any atom is 0.419 e. The van der Waals surface area contributed by atoms with E-state index in [-0.39, 0.29) is 11.5 Å². The van der Waals surface area contributed by atoms with Gasteiger partial charge >= 0.3 is 11.9 Å². The Morgan fingerprint density at radius 1 is 1.09 bits per heavy atom. The summed E-state index contributed by atoms with van der Waals surface area (Å²) < 4.78 is 45.8. The number of H-pyrrole nitrogens is 1. The zero-order valence-corrected chi connectivity index (χ0v) is 16.6. The summed E-state index contributed by atoms with van der Waals surface area (Å²) >= 11 is 0. The van der Waals surface area contributed by atoms with Gasteiger partial charge in [0.1, 0.15) is 12.0 Å². The first-order valence-corrected chi connectivity index (χ1v) is 9.43. The van der Waals surface area contributed by atoms with Crippen molar-refractivity contribution in [3.63, 3.8) is 0 Å². The summed E-state index contributed by atoms with van der Waals surface area (Å²) in [5.74, 6) is -0.483. The molecule has 2 heterocycles. The number of nitrogens with one attached hydrogen (secondary N) is 4. The molecule has 166 valence electrons. The quantitative estimate of drug-likeness (QED) is 0.282. The molecule has 1 unspecified atom stereocenters. The van der Waals surface area contributed by atoms with Crippen LogP contribution in [0.2, 0.25) is 0 Å². The number of anilines is 4. The van der Waals surface area contributed by atoms with Crippen molar-refractivity contribution in [3.05, 3.63) is 76.4 Å². The van der Waals surface area contributed by atoms with E-state index in [1.54, 1.807) is 36.4 Å². The fourth-order valence-corrected chi connectivity index (χ4v) is 3.17. The van der Waals surface area contributed by atoms with Gasteiger partial charge in [0.25, 0.3) is 0 Å². The Kier molecular flexibility index (Phi) is 5.59. The number of oxazole rings is 1. The Bertz CT molecular complexity index is 1320. The molecular weight excluding hydrogens is 427 g/mol. The van der Waals surface area contributed by atoms with E-state index >= 15 is 0 Å². The van der Waals surface area contributed by atoms with Crippen molar-refractivity contribution in [1.29, 1.82) is 0 Å². The number of hydrogen-bond donors (Lipinski definition) is 5. The highest BCUT2D eigenvalue weighted by Crippen LogP contribution is 2.38. The number of halogens is 3. The van der Waals surface area contributed by atoms with Crippen molar-refractivity contribution in [3.8, 4) is 0 Å². The maximum absolute atomic E-state index is 13.6. The minimum Gasteiger partial charge on any atom is -0.408 e. The van der Waals surface area contributed by atoms with Crippen molar-refractivity contribution >= 4 is 34.0 Å². The molecule has 0 radical (unpaired) electrons. The number of aliphatic hydroxyl groups is 1. The molecule has 0 bridgehead atoms. The molecule has 2 aromatic carbocycles. The SMILES string of the molecule is CNC(O)c1ccccc1Nc1cc(Nc2ccc3[nH]c(=O)oc3c2)ncc1C(F)(F)F. The fraction of sp³-hybridized carbons (Fsp3) is 0.143. The zero-order chi connectivity index (χ0) is 22.9. The molecule has 2 aromatic heterocycles. The summed E-state index contributed by atoms with van der Waals surface area (Å²) in [6.07, 6.45) is -5.01. The van der Waals surface area contributed by atoms with Crippen molar-refractivity contribution < 1.29 is 22.7 Å². The molecule has 0 aliphatic carbocycles. The van der Waals surface area contributed by atoms with Gasteiger partial charge in [0.05, 0.1) is 16.8 Å². The third-order valence-corrected chi connectivity index (χ3v) is 4.70. The van der Waals surface area contributed by atoms with Gasteiger partial charge in [0.15, 0.2) is 5.58 Å². The van der Waals surface area contributed by atoms with Crippen LogP contribution in [0.1, 0.15) is 17.4 Å². The van der Waals surface area contributed by atoms with Crippen LogP contribution >= 0.6 is 0 Å². The van der Waals surface area contributed by atoms with Crippen LogP contribution in [-0.4, -0.2) is 22.1 Å². The van der Waals surface area contributed by atoms with Crippen molar-refractivity contribution in [2.45, 2.75) is 12.4 Å². The molecule has 4 aromatic rings. The number of benzene rings is 2. The van der Waals surface area contributed by atoms with Crippen molar-refractivity contribution in [1.82, 2.24) is 15.3 Å². The molecule has 1 atom stereocenters. The highest BCUT2D eigenvalue weighted by molar-refractivity contribution is 5.78. The minimum absolute atomic E-state index is 0.129. The Morgan fingerprint density at radius 3 is 2.62 bits per heavy atom. The van der Waals surface area contributed by atoms with Crippen molar-refractivity contribution in [2.24, 2.45) is 0 Å². The van der Waals surface area contributed by atoms with Gasteiger partial charge in [-0.05, 0) is 25.2 Å². The molecule has 11 heteroatoms. The highest BCUT2D eigenvalue weighted by Gasteiger charge is 2.34. The number of aliphatic hydroxyl groups excluding tert-OH is 1. The van der Waals surface area contributed by atoms with Gasteiger partial charge < -0.3 is 20.2 Å². The summed E-state index contributed by atoms with van der Waals surface area (Å²) in [5.41, 5.74) is 0.700. The second-order valence-corrected chi connectivity index (χ2v) is 6.87. The second-order valence-electron chi connectivity index (χ2n) is 6.87. The van der Waals surface area contributed by atoms with E-state index in [1.165, 1.54) is 19.2 Å². The van der Waals surface area contributed by atoms with E-state index < -0.39 is 23.7 Å². The normalized spacial score (nSPS) is 12.7. The largest absolute Gasteiger partial charge is 0.419 e. The van der Waals surface area contributed by atoms with Gasteiger partial charge in [0, 0.05) is 35.3 Å². The third kappa shape index (κ3) is 4.43. The van der Waals surface area contributed by atoms with E-state index in [9.17, 15) is 23.1 Å². The molecule has 0 spiro atoms.